The highest BCUT2D eigenvalue weighted by Crippen LogP contribution is 2.37. The number of imidazole rings is 1. The molecule has 4 N–H and O–H groups in total. The first kappa shape index (κ1) is 45.0. The Morgan fingerprint density at radius 3 is 2.36 bits per heavy atom. The molecule has 4 aromatic rings. The van der Waals surface area contributed by atoms with E-state index in [4.69, 9.17) is 16.3 Å². The molecule has 1 aromatic carbocycles. The van der Waals surface area contributed by atoms with Crippen LogP contribution in [0.15, 0.2) is 48.9 Å². The molecule has 18 nitrogen and oxygen atoms in total. The number of nitrogens with one attached hydrogen (secondary N) is 4. The smallest absolute Gasteiger partial charge is 0.435 e. The summed E-state index contributed by atoms with van der Waals surface area (Å²) in [6.07, 6.45) is 0.194. The second kappa shape index (κ2) is 18.9. The molecule has 0 unspecified atom stereocenters. The molecule has 0 saturated carbocycles. The number of carbonyl (C=O) groups excluding carboxylic acids is 4. The number of likely N-dealkylation sites (tertiary alicyclic amines) is 1. The molecule has 3 amide bonds. The molecule has 64 heavy (non-hydrogen) atoms. The zero-order chi connectivity index (χ0) is 45.2. The summed E-state index contributed by atoms with van der Waals surface area (Å²) in [6, 6.07) is 7.71. The van der Waals surface area contributed by atoms with Gasteiger partial charge in [0.1, 0.15) is 6.54 Å². The van der Waals surface area contributed by atoms with E-state index in [-0.39, 0.29) is 82.6 Å². The molecule has 4 aliphatic heterocycles. The average Bonchev–Trinajstić information content (AvgIpc) is 3.89. The number of aliphatic carboxylic acids is 1. The normalized spacial score (nSPS) is 21.9. The minimum absolute atomic E-state index is 0.0172. The van der Waals surface area contributed by atoms with E-state index in [0.29, 0.717) is 74.9 Å². The van der Waals surface area contributed by atoms with Crippen LogP contribution < -0.4 is 26.4 Å². The third-order valence-corrected chi connectivity index (χ3v) is 12.9. The number of carboxylic acids is 1. The zero-order valence-corrected chi connectivity index (χ0v) is 36.0. The maximum absolute atomic E-state index is 14.3. The van der Waals surface area contributed by atoms with Crippen molar-refractivity contribution in [3.63, 3.8) is 0 Å². The number of aromatic nitrogens is 5. The van der Waals surface area contributed by atoms with Crippen LogP contribution in [-0.4, -0.2) is 160 Å². The van der Waals surface area contributed by atoms with Crippen molar-refractivity contribution in [2.45, 2.75) is 25.1 Å². The van der Waals surface area contributed by atoms with Crippen LogP contribution in [-0.2, 0) is 27.5 Å². The molecule has 3 aromatic heterocycles. The van der Waals surface area contributed by atoms with Crippen molar-refractivity contribution < 1.29 is 46.7 Å². The van der Waals surface area contributed by atoms with Gasteiger partial charge in [0.15, 0.2) is 17.3 Å². The van der Waals surface area contributed by atoms with Crippen molar-refractivity contribution in [3.8, 4) is 17.1 Å². The third kappa shape index (κ3) is 10.0. The molecule has 1 atom stereocenters. The molecule has 0 spiro atoms. The van der Waals surface area contributed by atoms with Gasteiger partial charge in [-0.3, -0.25) is 14.4 Å². The lowest BCUT2D eigenvalue weighted by molar-refractivity contribution is -0.931. The number of halogens is 4. The number of hydrogen-bond donors (Lipinski definition) is 4. The van der Waals surface area contributed by atoms with Crippen LogP contribution in [0.3, 0.4) is 0 Å². The number of anilines is 2. The Kier molecular flexibility index (Phi) is 13.2. The van der Waals surface area contributed by atoms with Crippen LogP contribution in [0.25, 0.3) is 17.1 Å². The van der Waals surface area contributed by atoms with Gasteiger partial charge in [-0.25, -0.2) is 14.6 Å². The molecular weight excluding hydrogens is 861 g/mol. The van der Waals surface area contributed by atoms with E-state index in [1.807, 2.05) is 0 Å². The first-order chi connectivity index (χ1) is 30.7. The van der Waals surface area contributed by atoms with Crippen molar-refractivity contribution in [3.05, 3.63) is 71.0 Å². The quantitative estimate of drug-likeness (QED) is 0.141. The molecule has 0 bridgehead atoms. The molecule has 4 fully saturated rings. The average molecular weight is 911 g/mol. The highest BCUT2D eigenvalue weighted by Gasteiger charge is 2.42. The highest BCUT2D eigenvalue weighted by atomic mass is 35.5. The van der Waals surface area contributed by atoms with E-state index in [0.717, 1.165) is 37.1 Å². The number of morpholine rings is 1. The molecule has 7 heterocycles. The Balaban J connectivity index is 0.863. The largest absolute Gasteiger partial charge is 0.544 e. The van der Waals surface area contributed by atoms with E-state index in [1.54, 1.807) is 21.9 Å². The van der Waals surface area contributed by atoms with Crippen molar-refractivity contribution in [2.75, 3.05) is 102 Å². The summed E-state index contributed by atoms with van der Waals surface area (Å²) < 4.78 is 51.2. The third-order valence-electron chi connectivity index (χ3n) is 12.5. The Morgan fingerprint density at radius 1 is 1.00 bits per heavy atom. The molecule has 342 valence electrons. The Bertz CT molecular complexity index is 2350. The predicted molar refractivity (Wildman–Crippen MR) is 225 cm³/mol. The number of rotatable bonds is 13. The van der Waals surface area contributed by atoms with Gasteiger partial charge < -0.3 is 54.8 Å². The maximum atomic E-state index is 14.3. The van der Waals surface area contributed by atoms with E-state index in [1.165, 1.54) is 42.2 Å². The summed E-state index contributed by atoms with van der Waals surface area (Å²) in [4.78, 5) is 64.0. The second-order valence-electron chi connectivity index (χ2n) is 16.9. The van der Waals surface area contributed by atoms with Gasteiger partial charge in [-0.2, -0.15) is 18.3 Å². The lowest BCUT2D eigenvalue weighted by Crippen LogP contribution is -2.63. The summed E-state index contributed by atoms with van der Waals surface area (Å²) in [5.74, 6) is -1.97. The van der Waals surface area contributed by atoms with Crippen molar-refractivity contribution in [1.82, 2.24) is 44.7 Å². The summed E-state index contributed by atoms with van der Waals surface area (Å²) >= 11 is 6.58. The number of amides is 3. The van der Waals surface area contributed by atoms with Crippen LogP contribution in [0.5, 0.6) is 0 Å². The molecule has 22 heteroatoms. The molecule has 4 aliphatic rings. The van der Waals surface area contributed by atoms with Crippen LogP contribution in [0, 0.1) is 11.8 Å². The summed E-state index contributed by atoms with van der Waals surface area (Å²) in [5.41, 5.74) is -0.429. The van der Waals surface area contributed by atoms with Crippen LogP contribution in [0.2, 0.25) is 5.02 Å². The van der Waals surface area contributed by atoms with E-state index >= 15 is 0 Å². The van der Waals surface area contributed by atoms with Crippen LogP contribution >= 0.6 is 11.6 Å². The molecule has 8 rings (SSSR count). The van der Waals surface area contributed by atoms with E-state index in [2.05, 4.69) is 36.3 Å². The van der Waals surface area contributed by atoms with Gasteiger partial charge in [0.05, 0.1) is 78.7 Å². The fourth-order valence-corrected chi connectivity index (χ4v) is 9.22. The summed E-state index contributed by atoms with van der Waals surface area (Å²) in [6.45, 7) is 7.46. The number of alkyl halides is 3. The predicted octanol–water partition coefficient (Wildman–Crippen LogP) is 1.47. The number of quaternary nitrogens is 1. The number of benzene rings is 1. The zero-order valence-electron chi connectivity index (χ0n) is 35.2. The van der Waals surface area contributed by atoms with Gasteiger partial charge in [-0.1, -0.05) is 11.6 Å². The standard InChI is InChI=1S/C42H50ClF3N12O6/c1-54-34(32-22-57(53-37(32)42(44,45)46)35-5-3-29(19-50-35)49-20-30-25-64-15-8-48-30)21-51-38(54)39(61)52-28-2-4-31(33(43)16-28)41(63)56-11-9-55(10-12-56)40(62)27-6-13-58(14-7-27,24-36(59)60)23-26-17-47-18-26/h2-5,16,19,21-22,26-27,30,47-49H,6-15,17-18,20,23-25H2,1H3,(H-,52,59,60,61,63)/t27?,30-,58?/m0/s1. The van der Waals surface area contributed by atoms with Gasteiger partial charge in [0, 0.05) is 102 Å². The first-order valence-corrected chi connectivity index (χ1v) is 21.7. The minimum Gasteiger partial charge on any atom is -0.544 e. The first-order valence-electron chi connectivity index (χ1n) is 21.3. The van der Waals surface area contributed by atoms with Gasteiger partial charge in [0.2, 0.25) is 5.91 Å². The monoisotopic (exact) mass is 910 g/mol. The van der Waals surface area contributed by atoms with Gasteiger partial charge in [0.25, 0.3) is 11.8 Å². The summed E-state index contributed by atoms with van der Waals surface area (Å²) in [5, 5.41) is 27.9. The van der Waals surface area contributed by atoms with Crippen LogP contribution in [0.4, 0.5) is 24.5 Å². The molecule has 0 radical (unpaired) electrons. The number of piperazine rings is 1. The Morgan fingerprint density at radius 2 is 1.73 bits per heavy atom. The fraction of sp³-hybridized carbons (Fsp3) is 0.500. The van der Waals surface area contributed by atoms with Crippen molar-refractivity contribution in [1.29, 1.82) is 0 Å². The minimum atomic E-state index is -4.84. The topological polar surface area (TPSA) is 204 Å². The maximum Gasteiger partial charge on any atom is 0.435 e. The number of piperidine rings is 1. The lowest BCUT2D eigenvalue weighted by Gasteiger charge is -2.47. The van der Waals surface area contributed by atoms with Gasteiger partial charge in [-0.05, 0) is 30.3 Å². The van der Waals surface area contributed by atoms with E-state index < -0.39 is 23.7 Å². The van der Waals surface area contributed by atoms with Crippen molar-refractivity contribution in [2.24, 2.45) is 18.9 Å². The lowest BCUT2D eigenvalue weighted by atomic mass is 9.90. The number of hydrogen-bond acceptors (Lipinski definition) is 12. The highest BCUT2D eigenvalue weighted by molar-refractivity contribution is 6.34. The number of nitrogens with zero attached hydrogens (tertiary/aromatic N) is 8. The van der Waals surface area contributed by atoms with Gasteiger partial charge >= 0.3 is 6.18 Å². The summed E-state index contributed by atoms with van der Waals surface area (Å²) in [7, 11) is 1.41. The van der Waals surface area contributed by atoms with E-state index in [9.17, 15) is 37.5 Å². The SMILES string of the molecule is Cn1c(-c2cn(-c3ccc(NC[C@H]4COCCN4)cn3)nc2C(F)(F)F)cnc1C(=O)Nc1ccc(C(=O)N2CCN(C(=O)C3CC[N+](CC(=O)[O-])(CC4CNC4)CC3)CC2)c(Cl)c1. The van der Waals surface area contributed by atoms with Crippen LogP contribution in [0.1, 0.15) is 39.5 Å². The molecule has 4 saturated heterocycles. The fourth-order valence-electron chi connectivity index (χ4n) is 8.96. The molecular formula is C42H50ClF3N12O6. The number of pyridine rings is 1. The Labute approximate surface area is 371 Å². The Hall–Kier alpha value is -5.61. The van der Waals surface area contributed by atoms with Crippen molar-refractivity contribution >= 4 is 46.7 Å². The second-order valence-corrected chi connectivity index (χ2v) is 17.3. The number of carbonyl (C=O) groups is 4. The number of carboxylic acid groups (broad SMARTS) is 1. The van der Waals surface area contributed by atoms with Gasteiger partial charge in [-0.15, -0.1) is 0 Å². The molecule has 0 aliphatic carbocycles. The number of ether oxygens (including phenoxy) is 1.